The van der Waals surface area contributed by atoms with Crippen LogP contribution in [0.15, 0.2) is 18.2 Å². The van der Waals surface area contributed by atoms with Crippen LogP contribution in [0.4, 0.5) is 15.8 Å². The number of nitrogens with two attached hydrogens (primary N) is 1. The number of amides is 1. The van der Waals surface area contributed by atoms with Crippen molar-refractivity contribution in [2.75, 3.05) is 24.1 Å². The lowest BCUT2D eigenvalue weighted by Gasteiger charge is -2.26. The third-order valence-electron chi connectivity index (χ3n) is 3.23. The topological polar surface area (TPSA) is 58.4 Å². The summed E-state index contributed by atoms with van der Waals surface area (Å²) in [7, 11) is 0. The maximum absolute atomic E-state index is 13.5. The highest BCUT2D eigenvalue weighted by Gasteiger charge is 2.15. The number of nitrogens with one attached hydrogen (secondary N) is 1. The van der Waals surface area contributed by atoms with Crippen molar-refractivity contribution in [2.24, 2.45) is 0 Å². The number of hydrogen-bond donors (Lipinski definition) is 2. The predicted molar refractivity (Wildman–Crippen MR) is 76.4 cm³/mol. The molecule has 0 spiro atoms. The van der Waals surface area contributed by atoms with Gasteiger partial charge >= 0.3 is 0 Å². The van der Waals surface area contributed by atoms with Crippen molar-refractivity contribution in [3.8, 4) is 0 Å². The fraction of sp³-hybridized carbons (Fsp3) is 0.500. The van der Waals surface area contributed by atoms with Crippen LogP contribution in [0, 0.1) is 5.82 Å². The van der Waals surface area contributed by atoms with E-state index in [1.807, 2.05) is 11.8 Å². The van der Waals surface area contributed by atoms with E-state index in [4.69, 9.17) is 5.73 Å². The van der Waals surface area contributed by atoms with Crippen LogP contribution >= 0.6 is 0 Å². The Bertz CT molecular complexity index is 437. The molecule has 1 atom stereocenters. The minimum Gasteiger partial charge on any atom is -0.399 e. The van der Waals surface area contributed by atoms with Gasteiger partial charge in [0.15, 0.2) is 0 Å². The summed E-state index contributed by atoms with van der Waals surface area (Å²) < 4.78 is 13.5. The molecule has 0 aliphatic rings. The molecule has 0 saturated carbocycles. The molecule has 0 aliphatic carbocycles. The summed E-state index contributed by atoms with van der Waals surface area (Å²) in [6, 6.07) is 4.45. The van der Waals surface area contributed by atoms with Gasteiger partial charge in [-0.25, -0.2) is 4.39 Å². The van der Waals surface area contributed by atoms with Gasteiger partial charge in [-0.2, -0.15) is 0 Å². The number of carbonyl (C=O) groups excluding carboxylic acids is 1. The van der Waals surface area contributed by atoms with Crippen molar-refractivity contribution >= 4 is 17.3 Å². The van der Waals surface area contributed by atoms with Crippen LogP contribution < -0.4 is 11.1 Å². The maximum atomic E-state index is 13.5. The average molecular weight is 267 g/mol. The molecule has 0 aromatic heterocycles. The fourth-order valence-electron chi connectivity index (χ4n) is 1.85. The Morgan fingerprint density at radius 1 is 1.47 bits per heavy atom. The normalized spacial score (nSPS) is 12.5. The molecule has 0 radical (unpaired) electrons. The van der Waals surface area contributed by atoms with Gasteiger partial charge < -0.3 is 11.1 Å². The Kier molecular flexibility index (Phi) is 5.76. The highest BCUT2D eigenvalue weighted by molar-refractivity contribution is 5.92. The van der Waals surface area contributed by atoms with Crippen LogP contribution in [-0.2, 0) is 4.79 Å². The molecular weight excluding hydrogens is 245 g/mol. The van der Waals surface area contributed by atoms with Crippen LogP contribution in [0.2, 0.25) is 0 Å². The van der Waals surface area contributed by atoms with Crippen LogP contribution in [-0.4, -0.2) is 29.9 Å². The number of nitrogen functional groups attached to an aromatic ring is 1. The predicted octanol–water partition coefficient (Wildman–Crippen LogP) is 2.47. The smallest absolute Gasteiger partial charge is 0.238 e. The van der Waals surface area contributed by atoms with Gasteiger partial charge in [-0.05, 0) is 38.1 Å². The van der Waals surface area contributed by atoms with Gasteiger partial charge in [-0.15, -0.1) is 0 Å². The van der Waals surface area contributed by atoms with E-state index in [0.29, 0.717) is 11.7 Å². The van der Waals surface area contributed by atoms with Gasteiger partial charge in [-0.3, -0.25) is 9.69 Å². The number of benzene rings is 1. The molecule has 0 aliphatic heterocycles. The van der Waals surface area contributed by atoms with Gasteiger partial charge in [0.05, 0.1) is 12.2 Å². The average Bonchev–Trinajstić information content (AvgIpc) is 2.39. The van der Waals surface area contributed by atoms with Gasteiger partial charge in [0.1, 0.15) is 5.82 Å². The number of halogens is 1. The van der Waals surface area contributed by atoms with Crippen LogP contribution in [0.1, 0.15) is 27.2 Å². The molecule has 1 rings (SSSR count). The van der Waals surface area contributed by atoms with Gasteiger partial charge in [0.25, 0.3) is 0 Å². The van der Waals surface area contributed by atoms with Crippen molar-refractivity contribution in [3.63, 3.8) is 0 Å². The number of anilines is 2. The second-order valence-corrected chi connectivity index (χ2v) is 4.61. The molecule has 3 N–H and O–H groups in total. The SMILES string of the molecule is CCC(C)N(CC)CC(=O)Nc1cc(N)ccc1F. The quantitative estimate of drug-likeness (QED) is 0.778. The highest BCUT2D eigenvalue weighted by atomic mass is 19.1. The van der Waals surface area contributed by atoms with E-state index >= 15 is 0 Å². The molecular formula is C14H22FN3O. The first-order valence-corrected chi connectivity index (χ1v) is 6.56. The summed E-state index contributed by atoms with van der Waals surface area (Å²) in [5.41, 5.74) is 6.12. The van der Waals surface area contributed by atoms with Crippen molar-refractivity contribution in [3.05, 3.63) is 24.0 Å². The molecule has 5 heteroatoms. The molecule has 1 unspecified atom stereocenters. The Morgan fingerprint density at radius 3 is 2.74 bits per heavy atom. The lowest BCUT2D eigenvalue weighted by Crippen LogP contribution is -2.39. The Labute approximate surface area is 113 Å². The van der Waals surface area contributed by atoms with E-state index in [1.165, 1.54) is 18.2 Å². The number of likely N-dealkylation sites (N-methyl/N-ethyl adjacent to an activating group) is 1. The summed E-state index contributed by atoms with van der Waals surface area (Å²) in [5, 5.41) is 2.56. The molecule has 1 aromatic rings. The number of nitrogens with zero attached hydrogens (tertiary/aromatic N) is 1. The number of rotatable bonds is 6. The van der Waals surface area contributed by atoms with Gasteiger partial charge in [0.2, 0.25) is 5.91 Å². The first-order valence-electron chi connectivity index (χ1n) is 6.56. The summed E-state index contributed by atoms with van der Waals surface area (Å²) in [6.07, 6.45) is 0.966. The Morgan fingerprint density at radius 2 is 2.16 bits per heavy atom. The lowest BCUT2D eigenvalue weighted by atomic mass is 10.2. The molecule has 0 bridgehead atoms. The summed E-state index contributed by atoms with van der Waals surface area (Å²) in [4.78, 5) is 13.9. The largest absolute Gasteiger partial charge is 0.399 e. The monoisotopic (exact) mass is 267 g/mol. The first-order chi connectivity index (χ1) is 8.97. The molecule has 0 fully saturated rings. The maximum Gasteiger partial charge on any atom is 0.238 e. The standard InChI is InChI=1S/C14H22FN3O/c1-4-10(3)18(5-2)9-14(19)17-13-8-11(16)6-7-12(13)15/h6-8,10H,4-5,9,16H2,1-3H3,(H,17,19). The van der Waals surface area contributed by atoms with Crippen LogP contribution in [0.5, 0.6) is 0 Å². The molecule has 1 aromatic carbocycles. The zero-order valence-electron chi connectivity index (χ0n) is 11.7. The minimum atomic E-state index is -0.478. The molecule has 1 amide bonds. The minimum absolute atomic E-state index is 0.130. The summed E-state index contributed by atoms with van der Waals surface area (Å²) in [5.74, 6) is -0.708. The van der Waals surface area contributed by atoms with Gasteiger partial charge in [-0.1, -0.05) is 13.8 Å². The molecule has 106 valence electrons. The third-order valence-corrected chi connectivity index (χ3v) is 3.23. The third kappa shape index (κ3) is 4.52. The summed E-state index contributed by atoms with van der Waals surface area (Å²) in [6.45, 7) is 7.17. The second-order valence-electron chi connectivity index (χ2n) is 4.61. The van der Waals surface area contributed by atoms with Crippen LogP contribution in [0.25, 0.3) is 0 Å². The number of hydrogen-bond acceptors (Lipinski definition) is 3. The molecule has 19 heavy (non-hydrogen) atoms. The Balaban J connectivity index is 2.66. The van der Waals surface area contributed by atoms with E-state index in [9.17, 15) is 9.18 Å². The zero-order chi connectivity index (χ0) is 14.4. The lowest BCUT2D eigenvalue weighted by molar-refractivity contribution is -0.117. The van der Waals surface area contributed by atoms with Crippen molar-refractivity contribution in [1.29, 1.82) is 0 Å². The molecule has 4 nitrogen and oxygen atoms in total. The van der Waals surface area contributed by atoms with E-state index in [-0.39, 0.29) is 18.1 Å². The number of carbonyl (C=O) groups is 1. The zero-order valence-corrected chi connectivity index (χ0v) is 11.7. The van der Waals surface area contributed by atoms with Gasteiger partial charge in [0, 0.05) is 11.7 Å². The van der Waals surface area contributed by atoms with E-state index in [1.54, 1.807) is 0 Å². The van der Waals surface area contributed by atoms with E-state index < -0.39 is 5.82 Å². The summed E-state index contributed by atoms with van der Waals surface area (Å²) >= 11 is 0. The highest BCUT2D eigenvalue weighted by Crippen LogP contribution is 2.17. The fourth-order valence-corrected chi connectivity index (χ4v) is 1.85. The van der Waals surface area contributed by atoms with Crippen molar-refractivity contribution in [2.45, 2.75) is 33.2 Å². The second kappa shape index (κ2) is 7.09. The first kappa shape index (κ1) is 15.4. The molecule has 0 saturated heterocycles. The molecule has 0 heterocycles. The van der Waals surface area contributed by atoms with Crippen LogP contribution in [0.3, 0.4) is 0 Å². The van der Waals surface area contributed by atoms with Crippen molar-refractivity contribution < 1.29 is 9.18 Å². The van der Waals surface area contributed by atoms with Crippen molar-refractivity contribution in [1.82, 2.24) is 4.90 Å². The Hall–Kier alpha value is -1.62. The van der Waals surface area contributed by atoms with E-state index in [2.05, 4.69) is 19.2 Å². The van der Waals surface area contributed by atoms with E-state index in [0.717, 1.165) is 13.0 Å².